The van der Waals surface area contributed by atoms with Crippen LogP contribution in [0.1, 0.15) is 54.4 Å². The third-order valence-corrected chi connectivity index (χ3v) is 34.3. The van der Waals surface area contributed by atoms with Crippen LogP contribution in [0.3, 0.4) is 0 Å². The summed E-state index contributed by atoms with van der Waals surface area (Å²) in [5, 5.41) is 40.4. The van der Waals surface area contributed by atoms with Gasteiger partial charge in [-0.15, -0.1) is 35.7 Å². The minimum atomic E-state index is -1.62. The van der Waals surface area contributed by atoms with Gasteiger partial charge in [0.15, 0.2) is 11.9 Å². The summed E-state index contributed by atoms with van der Waals surface area (Å²) in [5.74, 6) is -2.57. The third-order valence-electron chi connectivity index (χ3n) is 11.0. The highest BCUT2D eigenvalue weighted by molar-refractivity contribution is 8.96. The van der Waals surface area contributed by atoms with Crippen LogP contribution in [0.15, 0.2) is 11.1 Å². The van der Waals surface area contributed by atoms with Gasteiger partial charge in [0.1, 0.15) is 17.8 Å². The first-order valence-corrected chi connectivity index (χ1v) is 29.3. The molecule has 45 heavy (non-hydrogen) atoms. The Morgan fingerprint density at radius 3 is 2.27 bits per heavy atom. The lowest BCUT2D eigenvalue weighted by atomic mass is 9.43. The Kier molecular flexibility index (Phi) is 13.3. The number of aliphatic hydroxyl groups is 3. The molecule has 0 aromatic rings. The average molecular weight is 799 g/mol. The number of carbonyl (C=O) groups is 2. The first-order valence-electron chi connectivity index (χ1n) is 14.8. The van der Waals surface area contributed by atoms with Crippen LogP contribution >= 0.6 is 74.6 Å². The number of Topliss-reactive ketones (excluding diaryl/α,β-unsaturated/α-hetero) is 1. The van der Waals surface area contributed by atoms with Crippen LogP contribution in [0.2, 0.25) is 0 Å². The van der Waals surface area contributed by atoms with Crippen LogP contribution in [-0.2, 0) is 28.1 Å². The van der Waals surface area contributed by atoms with Crippen molar-refractivity contribution in [1.82, 2.24) is 5.32 Å². The SMILES string of the molecule is CNC(C)C(OPP)C(=O)OC1CC2(O)C(C)C3[C@]4(O)COC4CC(OP(P(P)P)P(P)P)[C@@]3(C)C(=O)C(O)C(=C1C)C2(C)C. The summed E-state index contributed by atoms with van der Waals surface area (Å²) in [4.78, 5) is 28.4. The monoisotopic (exact) mass is 799 g/mol. The normalized spacial score (nSPS) is 41.1. The van der Waals surface area contributed by atoms with Gasteiger partial charge in [-0.2, -0.15) is 0 Å². The predicted molar refractivity (Wildman–Crippen MR) is 203 cm³/mol. The molecule has 15 unspecified atom stereocenters. The Bertz CT molecular complexity index is 1190. The van der Waals surface area contributed by atoms with Gasteiger partial charge < -0.3 is 39.2 Å². The van der Waals surface area contributed by atoms with E-state index in [4.69, 9.17) is 18.5 Å². The predicted octanol–water partition coefficient (Wildman–Crippen LogP) is 5.22. The summed E-state index contributed by atoms with van der Waals surface area (Å²) in [5.41, 5.74) is -4.60. The van der Waals surface area contributed by atoms with Crippen molar-refractivity contribution < 1.29 is 43.4 Å². The van der Waals surface area contributed by atoms with Gasteiger partial charge in [0.2, 0.25) is 0 Å². The highest BCUT2D eigenvalue weighted by Crippen LogP contribution is 2.98. The van der Waals surface area contributed by atoms with E-state index in [1.54, 1.807) is 20.9 Å². The third kappa shape index (κ3) is 6.66. The molecule has 3 aliphatic carbocycles. The largest absolute Gasteiger partial charge is 0.456 e. The number of fused-ring (bicyclic) bond motifs is 5. The number of esters is 1. The van der Waals surface area contributed by atoms with Gasteiger partial charge in [0.05, 0.1) is 37.4 Å². The summed E-state index contributed by atoms with van der Waals surface area (Å²) in [6.45, 7) is 9.59. The van der Waals surface area contributed by atoms with E-state index >= 15 is 0 Å². The molecule has 17 atom stereocenters. The van der Waals surface area contributed by atoms with E-state index in [-0.39, 0.29) is 27.6 Å². The molecular weight excluding hydrogens is 749 g/mol. The molecule has 4 rings (SSSR count). The van der Waals surface area contributed by atoms with Crippen molar-refractivity contribution in [2.75, 3.05) is 13.7 Å². The molecule has 1 aliphatic heterocycles. The molecular formula is C26H50NO9P9. The zero-order valence-electron chi connectivity index (χ0n) is 26.8. The Hall–Kier alpha value is 2.47. The number of hydrogen-bond acceptors (Lipinski definition) is 10. The van der Waals surface area contributed by atoms with Crippen molar-refractivity contribution in [3.05, 3.63) is 11.1 Å². The van der Waals surface area contributed by atoms with Crippen molar-refractivity contribution in [3.63, 3.8) is 0 Å². The van der Waals surface area contributed by atoms with Gasteiger partial charge >= 0.3 is 5.97 Å². The average Bonchev–Trinajstić information content (AvgIpc) is 2.95. The number of nitrogens with one attached hydrogen (secondary N) is 1. The second-order valence-electron chi connectivity index (χ2n) is 13.5. The molecule has 2 bridgehead atoms. The number of carbonyl (C=O) groups excluding carboxylic acids is 2. The number of aliphatic hydroxyl groups excluding tert-OH is 1. The Labute approximate surface area is 283 Å². The molecule has 4 N–H and O–H groups in total. The molecule has 19 heteroatoms. The Balaban J connectivity index is 1.88. The van der Waals surface area contributed by atoms with Gasteiger partial charge in [-0.3, -0.25) is 4.79 Å². The zero-order chi connectivity index (χ0) is 34.0. The van der Waals surface area contributed by atoms with E-state index < -0.39 is 97.6 Å². The number of hydrogen-bond donors (Lipinski definition) is 4. The molecule has 0 aromatic carbocycles. The second kappa shape index (κ2) is 14.8. The van der Waals surface area contributed by atoms with Crippen molar-refractivity contribution >= 4 is 86.4 Å². The molecule has 3 fully saturated rings. The van der Waals surface area contributed by atoms with Crippen LogP contribution in [0.25, 0.3) is 0 Å². The van der Waals surface area contributed by atoms with E-state index in [0.717, 1.165) is 0 Å². The van der Waals surface area contributed by atoms with Crippen LogP contribution in [0.5, 0.6) is 0 Å². The summed E-state index contributed by atoms with van der Waals surface area (Å²) < 4.78 is 24.6. The van der Waals surface area contributed by atoms with Gasteiger partial charge in [-0.05, 0) is 58.9 Å². The van der Waals surface area contributed by atoms with Crippen LogP contribution < -0.4 is 5.32 Å². The summed E-state index contributed by atoms with van der Waals surface area (Å²) in [7, 11) is 14.5. The number of likely N-dealkylation sites (N-methyl/N-ethyl adjacent to an activating group) is 1. The van der Waals surface area contributed by atoms with E-state index in [9.17, 15) is 24.9 Å². The lowest BCUT2D eigenvalue weighted by molar-refractivity contribution is -0.333. The van der Waals surface area contributed by atoms with Gasteiger partial charge in [0.25, 0.3) is 0 Å². The molecule has 0 radical (unpaired) electrons. The zero-order valence-corrected chi connectivity index (χ0v) is 36.2. The summed E-state index contributed by atoms with van der Waals surface area (Å²) in [6.07, 6.45) is -4.37. The lowest BCUT2D eigenvalue weighted by Gasteiger charge is -2.68. The standard InChI is InChI=1S/C26H50NO9P9/c1-11-14(34-22(30)19(35-42-37)13(3)27-7)9-26(32)12(2)20-24(6,21(29)18(28)17(11)23(26,4)5)15(8-16-25(20,31)10-33-16)36-43(44(38)39)45(40)41/h12-16,18-20,27-28,31-32,42H,8-10,37-41H2,1-7H3/t12?,13?,14?,15?,16?,18?,19?,20?,24-,25+,26?/m1/s1. The fourth-order valence-corrected chi connectivity index (χ4v) is 42.2. The second-order valence-corrected chi connectivity index (χ2v) is 38.2. The molecule has 1 heterocycles. The van der Waals surface area contributed by atoms with E-state index in [1.807, 2.05) is 27.7 Å². The maximum absolute atomic E-state index is 14.9. The van der Waals surface area contributed by atoms with Gasteiger partial charge in [-0.1, -0.05) is 29.7 Å². The van der Waals surface area contributed by atoms with E-state index in [0.29, 0.717) is 17.6 Å². The topological polar surface area (TPSA) is 144 Å². The highest BCUT2D eigenvalue weighted by Gasteiger charge is 2.74. The molecule has 0 spiro atoms. The van der Waals surface area contributed by atoms with Gasteiger partial charge in [-0.25, -0.2) is 4.79 Å². The number of rotatable bonds is 10. The maximum atomic E-state index is 14.9. The first-order chi connectivity index (χ1) is 20.7. The van der Waals surface area contributed by atoms with Gasteiger partial charge in [0, 0.05) is 38.7 Å². The number of ether oxygens (including phenoxy) is 2. The molecule has 2 saturated carbocycles. The molecule has 4 aliphatic rings. The summed E-state index contributed by atoms with van der Waals surface area (Å²) in [6, 6.07) is -0.346. The Morgan fingerprint density at radius 2 is 1.78 bits per heavy atom. The fraction of sp³-hybridized carbons (Fsp3) is 0.846. The molecule has 10 nitrogen and oxygen atoms in total. The smallest absolute Gasteiger partial charge is 0.337 e. The number of ketones is 1. The van der Waals surface area contributed by atoms with Crippen molar-refractivity contribution in [2.45, 2.75) is 102 Å². The molecule has 0 aromatic heterocycles. The Morgan fingerprint density at radius 1 is 1.18 bits per heavy atom. The van der Waals surface area contributed by atoms with Crippen molar-refractivity contribution in [1.29, 1.82) is 0 Å². The van der Waals surface area contributed by atoms with E-state index in [1.165, 1.54) is 0 Å². The fourth-order valence-electron chi connectivity index (χ4n) is 8.37. The van der Waals surface area contributed by atoms with Crippen LogP contribution in [-0.4, -0.2) is 88.5 Å². The minimum Gasteiger partial charge on any atom is -0.456 e. The highest BCUT2D eigenvalue weighted by atomic mass is 33.0. The minimum absolute atomic E-state index is 0.0143. The van der Waals surface area contributed by atoms with E-state index in [2.05, 4.69) is 50.0 Å². The molecule has 258 valence electrons. The van der Waals surface area contributed by atoms with Crippen LogP contribution in [0.4, 0.5) is 0 Å². The summed E-state index contributed by atoms with van der Waals surface area (Å²) >= 11 is 0. The first kappa shape index (κ1) is 40.2. The lowest BCUT2D eigenvalue weighted by Crippen LogP contribution is -2.79. The molecule has 1 saturated heterocycles. The van der Waals surface area contributed by atoms with Crippen LogP contribution in [0, 0.1) is 22.7 Å². The maximum Gasteiger partial charge on any atom is 0.337 e. The van der Waals surface area contributed by atoms with Crippen molar-refractivity contribution in [3.8, 4) is 0 Å². The quantitative estimate of drug-likeness (QED) is 0.132. The van der Waals surface area contributed by atoms with Crippen molar-refractivity contribution in [2.24, 2.45) is 22.7 Å². The molecule has 0 amide bonds.